The summed E-state index contributed by atoms with van der Waals surface area (Å²) in [6.07, 6.45) is 0.332. The number of cyclic esters (lactones) is 1. The number of ether oxygens (including phenoxy) is 3. The van der Waals surface area contributed by atoms with E-state index in [2.05, 4.69) is 21.3 Å². The topological polar surface area (TPSA) is 300 Å². The second-order valence-corrected chi connectivity index (χ2v) is 25.2. The van der Waals surface area contributed by atoms with Crippen molar-refractivity contribution in [1.82, 2.24) is 35.3 Å². The van der Waals surface area contributed by atoms with Crippen LogP contribution in [0.25, 0.3) is 22.3 Å². The molecule has 0 radical (unpaired) electrons. The van der Waals surface area contributed by atoms with E-state index in [0.717, 1.165) is 16.5 Å². The minimum absolute atomic E-state index is 0.0103. The highest BCUT2D eigenvalue weighted by atomic mass is 32.2. The van der Waals surface area contributed by atoms with E-state index < -0.39 is 53.7 Å². The van der Waals surface area contributed by atoms with Crippen molar-refractivity contribution in [2.45, 2.75) is 135 Å². The average Bonchev–Trinajstić information content (AvgIpc) is 4.01. The van der Waals surface area contributed by atoms with Gasteiger partial charge in [-0.2, -0.15) is 0 Å². The fourth-order valence-corrected chi connectivity index (χ4v) is 11.8. The normalized spacial score (nSPS) is 15.1. The van der Waals surface area contributed by atoms with E-state index in [1.807, 2.05) is 34.6 Å². The first-order chi connectivity index (χ1) is 38.8. The van der Waals surface area contributed by atoms with Crippen LogP contribution in [0.3, 0.4) is 0 Å². The summed E-state index contributed by atoms with van der Waals surface area (Å²) >= 11 is 3.26. The van der Waals surface area contributed by atoms with Gasteiger partial charge in [0.25, 0.3) is 5.56 Å². The first-order valence-corrected chi connectivity index (χ1v) is 29.5. The van der Waals surface area contributed by atoms with Gasteiger partial charge in [0, 0.05) is 86.2 Å². The van der Waals surface area contributed by atoms with Gasteiger partial charge in [0.2, 0.25) is 17.7 Å². The average molecular weight is 1170 g/mol. The molecule has 24 heteroatoms. The number of carbonyl (C=O) groups is 8. The van der Waals surface area contributed by atoms with E-state index in [-0.39, 0.29) is 109 Å². The summed E-state index contributed by atoms with van der Waals surface area (Å²) in [7, 11) is 3.06. The van der Waals surface area contributed by atoms with Crippen LogP contribution in [0.2, 0.25) is 0 Å². The molecule has 4 heterocycles. The number of thioether (sulfide) groups is 2. The van der Waals surface area contributed by atoms with Crippen LogP contribution in [-0.2, 0) is 65.2 Å². The number of nitrogens with zero attached hydrogens (tertiary/aromatic N) is 4. The van der Waals surface area contributed by atoms with Gasteiger partial charge >= 0.3 is 24.2 Å². The molecule has 3 atom stereocenters. The van der Waals surface area contributed by atoms with E-state index in [0.29, 0.717) is 58.9 Å². The monoisotopic (exact) mass is 1170 g/mol. The number of hydrogen-bond acceptors (Lipinski definition) is 16. The van der Waals surface area contributed by atoms with Crippen LogP contribution in [0.15, 0.2) is 53.3 Å². The first-order valence-electron chi connectivity index (χ1n) is 27.5. The summed E-state index contributed by atoms with van der Waals surface area (Å²) in [5.41, 5.74) is 7.74. The number of ketones is 1. The number of aryl methyl sites for hydroxylation is 1. The number of likely N-dealkylation sites (N-methyl/N-ethyl adjacent to an activating group) is 2. The Morgan fingerprint density at radius 1 is 0.890 bits per heavy atom. The summed E-state index contributed by atoms with van der Waals surface area (Å²) in [4.78, 5) is 124. The third kappa shape index (κ3) is 16.1. The maximum atomic E-state index is 13.8. The Bertz CT molecular complexity index is 3110. The number of urea groups is 1. The number of nitrogens with one attached hydrogen (secondary N) is 4. The van der Waals surface area contributed by atoms with Crippen molar-refractivity contribution in [1.29, 1.82) is 0 Å². The molecule has 0 saturated carbocycles. The molecule has 7 amide bonds. The number of primary amides is 1. The van der Waals surface area contributed by atoms with Gasteiger partial charge in [-0.25, -0.2) is 24.2 Å². The van der Waals surface area contributed by atoms with Gasteiger partial charge in [0.05, 0.1) is 33.1 Å². The highest BCUT2D eigenvalue weighted by molar-refractivity contribution is 8.18. The van der Waals surface area contributed by atoms with Crippen molar-refractivity contribution in [3.8, 4) is 17.1 Å². The number of carbonyl (C=O) groups excluding carboxylic acids is 8. The van der Waals surface area contributed by atoms with Crippen molar-refractivity contribution in [2.24, 2.45) is 17.6 Å². The zero-order valence-corrected chi connectivity index (χ0v) is 50.0. The van der Waals surface area contributed by atoms with Gasteiger partial charge in [-0.15, -0.1) is 23.5 Å². The number of hydrogen-bond donors (Lipinski definition) is 6. The maximum absolute atomic E-state index is 13.8. The first kappa shape index (κ1) is 64.0. The molecule has 7 N–H and O–H groups in total. The molecule has 0 unspecified atom stereocenters. The lowest BCUT2D eigenvalue weighted by Crippen LogP contribution is -2.54. The second-order valence-electron chi connectivity index (χ2n) is 21.5. The number of rotatable bonds is 27. The molecule has 2 aliphatic rings. The number of pyridine rings is 2. The Hall–Kier alpha value is -7.18. The molecule has 4 aromatic rings. The van der Waals surface area contributed by atoms with Gasteiger partial charge in [-0.05, 0) is 93.0 Å². The van der Waals surface area contributed by atoms with E-state index in [1.165, 1.54) is 23.9 Å². The Morgan fingerprint density at radius 3 is 2.20 bits per heavy atom. The number of benzene rings is 2. The number of aliphatic hydroxyl groups is 1. The van der Waals surface area contributed by atoms with Crippen LogP contribution in [-0.4, -0.2) is 134 Å². The summed E-state index contributed by atoms with van der Waals surface area (Å²) in [6.45, 7) is 15.3. The predicted molar refractivity (Wildman–Crippen MR) is 314 cm³/mol. The summed E-state index contributed by atoms with van der Waals surface area (Å²) < 4.78 is 17.9. The van der Waals surface area contributed by atoms with Crippen LogP contribution in [0.5, 0.6) is 5.75 Å². The quantitative estimate of drug-likeness (QED) is 0.0184. The molecule has 2 aromatic heterocycles. The largest absolute Gasteiger partial charge is 0.458 e. The zero-order chi connectivity index (χ0) is 60.2. The van der Waals surface area contributed by atoms with Crippen LogP contribution in [0.1, 0.15) is 115 Å². The van der Waals surface area contributed by atoms with Crippen LogP contribution < -0.4 is 37.3 Å². The van der Waals surface area contributed by atoms with Crippen LogP contribution in [0, 0.1) is 11.8 Å². The summed E-state index contributed by atoms with van der Waals surface area (Å²) in [5.74, 6) is -0.888. The lowest BCUT2D eigenvalue weighted by molar-refractivity contribution is -0.172. The van der Waals surface area contributed by atoms with Crippen LogP contribution >= 0.6 is 23.5 Å². The SMILES string of the molecule is CCc1c2c(nc3ccc(OC(=O)N(C)CCN(C)C(=O)OCc4ccc(NC(=O)[C@H](CCCNC(N)=O)NC(=O)[C@@H](NC(=O)CCSC(C)(C)SCCC(=O)C(C)C)C(C)C)cc4)cc13)-c1cc3c(c(=O)n1C2)COC(=O)[C@]3(O)CC. The minimum atomic E-state index is -1.95. The smallest absolute Gasteiger partial charge is 0.415 e. The third-order valence-corrected chi connectivity index (χ3v) is 17.3. The molecular weight excluding hydrogens is 1090 g/mol. The minimum Gasteiger partial charge on any atom is -0.458 e. The molecule has 2 aliphatic heterocycles. The Kier molecular flexibility index (Phi) is 22.0. The molecule has 0 spiro atoms. The molecule has 22 nitrogen and oxygen atoms in total. The van der Waals surface area contributed by atoms with Gasteiger partial charge in [-0.1, -0.05) is 53.7 Å². The van der Waals surface area contributed by atoms with E-state index >= 15 is 0 Å². The number of nitrogens with two attached hydrogens (primary N) is 1. The molecule has 0 saturated heterocycles. The number of Topliss-reactive ketones (excluding diaryl/α,β-unsaturated/α-hetero) is 1. The highest BCUT2D eigenvalue weighted by Gasteiger charge is 2.45. The van der Waals surface area contributed by atoms with E-state index in [4.69, 9.17) is 24.9 Å². The molecule has 444 valence electrons. The predicted octanol–water partition coefficient (Wildman–Crippen LogP) is 6.56. The van der Waals surface area contributed by atoms with Crippen molar-refractivity contribution in [3.05, 3.63) is 86.7 Å². The van der Waals surface area contributed by atoms with Gasteiger partial charge in [-0.3, -0.25) is 24.0 Å². The van der Waals surface area contributed by atoms with Crippen molar-refractivity contribution in [3.63, 3.8) is 0 Å². The standard InChI is InChI=1S/C58H77N9O13S2/c1-11-38-39-28-37(19-20-43(39)62-49-40(38)30-67-45(49)29-42-41(52(67)72)32-78-53(73)58(42,77)12-2)80-56(76)66(10)25-24-65(9)55(75)79-31-35-15-17-36(18-16-35)61-50(70)44(14-13-23-60-54(59)74)63-51(71)48(34(5)6)64-47(69)22-27-82-57(7,8)81-26-21-46(68)33(3)4/h15-20,28-29,33-34,44,48,77H,11-14,21-27,30-32H2,1-10H3,(H,61,70)(H,63,71)(H,64,69)(H3,59,60,74)/t44-,48-,58-/m0/s1. The summed E-state index contributed by atoms with van der Waals surface area (Å²) in [5, 5.41) is 22.9. The molecule has 6 rings (SSSR count). The number of amides is 7. The van der Waals surface area contributed by atoms with Gasteiger partial charge in [0.1, 0.15) is 36.8 Å². The molecule has 0 bridgehead atoms. The maximum Gasteiger partial charge on any atom is 0.415 e. The Labute approximate surface area is 486 Å². The lowest BCUT2D eigenvalue weighted by Gasteiger charge is -2.31. The number of anilines is 1. The van der Waals surface area contributed by atoms with Crippen molar-refractivity contribution < 1.29 is 57.7 Å². The molecule has 0 aliphatic carbocycles. The Morgan fingerprint density at radius 2 is 1.56 bits per heavy atom. The number of esters is 1. The second kappa shape index (κ2) is 28.2. The van der Waals surface area contributed by atoms with Gasteiger partial charge < -0.3 is 60.7 Å². The molecule has 82 heavy (non-hydrogen) atoms. The molecular formula is C58H77N9O13S2. The fourth-order valence-electron chi connectivity index (χ4n) is 9.38. The zero-order valence-electron chi connectivity index (χ0n) is 48.4. The van der Waals surface area contributed by atoms with Crippen molar-refractivity contribution >= 4 is 87.8 Å². The number of fused-ring (bicyclic) bond motifs is 5. The molecule has 2 aromatic carbocycles. The Balaban J connectivity index is 0.979. The number of aromatic nitrogens is 2. The van der Waals surface area contributed by atoms with E-state index in [1.54, 1.807) is 97.4 Å². The lowest BCUT2D eigenvalue weighted by atomic mass is 9.86. The highest BCUT2D eigenvalue weighted by Crippen LogP contribution is 2.41. The molecule has 0 fully saturated rings. The fraction of sp³-hybridized carbons (Fsp3) is 0.517. The van der Waals surface area contributed by atoms with E-state index in [9.17, 15) is 48.3 Å². The van der Waals surface area contributed by atoms with Crippen molar-refractivity contribution in [2.75, 3.05) is 50.6 Å². The summed E-state index contributed by atoms with van der Waals surface area (Å²) in [6, 6.07) is 10.5. The van der Waals surface area contributed by atoms with Gasteiger partial charge in [0.15, 0.2) is 5.60 Å². The third-order valence-electron chi connectivity index (χ3n) is 14.4. The van der Waals surface area contributed by atoms with Crippen LogP contribution in [0.4, 0.5) is 20.1 Å².